The Labute approximate surface area is 107 Å². The Bertz CT molecular complexity index is 349. The van der Waals surface area contributed by atoms with Gasteiger partial charge in [0.2, 0.25) is 0 Å². The van der Waals surface area contributed by atoms with Crippen molar-refractivity contribution < 1.29 is 4.79 Å². The van der Waals surface area contributed by atoms with Gasteiger partial charge >= 0.3 is 0 Å². The summed E-state index contributed by atoms with van der Waals surface area (Å²) in [5.41, 5.74) is 6.76. The van der Waals surface area contributed by atoms with Crippen LogP contribution in [-0.4, -0.2) is 30.8 Å². The molecule has 0 aliphatic heterocycles. The fourth-order valence-corrected chi connectivity index (χ4v) is 2.05. The maximum atomic E-state index is 11.5. The van der Waals surface area contributed by atoms with Crippen LogP contribution in [0.4, 0.5) is 4.79 Å². The Hall–Kier alpha value is -1.00. The molecule has 1 rings (SSSR count). The molecule has 0 fully saturated rings. The molecule has 3 nitrogen and oxygen atoms in total. The predicted octanol–water partition coefficient (Wildman–Crippen LogP) is 2.74. The maximum absolute atomic E-state index is 11.5. The number of thioether (sulfide) groups is 1. The van der Waals surface area contributed by atoms with E-state index in [0.717, 1.165) is 30.7 Å². The number of rotatable bonds is 5. The molecule has 94 valence electrons. The van der Waals surface area contributed by atoms with Gasteiger partial charge in [-0.3, -0.25) is 4.79 Å². The van der Waals surface area contributed by atoms with Crippen molar-refractivity contribution in [3.05, 3.63) is 29.8 Å². The molecule has 0 aliphatic carbocycles. The Balaban J connectivity index is 2.47. The second-order valence-corrected chi connectivity index (χ2v) is 5.18. The molecule has 0 unspecified atom stereocenters. The first-order valence-corrected chi connectivity index (χ1v) is 6.63. The minimum absolute atomic E-state index is 0.0564. The second-order valence-electron chi connectivity index (χ2n) is 4.15. The molecule has 0 heterocycles. The van der Waals surface area contributed by atoms with Gasteiger partial charge in [0, 0.05) is 19.0 Å². The van der Waals surface area contributed by atoms with Gasteiger partial charge < -0.3 is 10.6 Å². The van der Waals surface area contributed by atoms with Crippen LogP contribution in [0.25, 0.3) is 0 Å². The average Bonchev–Trinajstić information content (AvgIpc) is 2.31. The number of unbranched alkanes of at least 4 members (excludes halogenated alkanes) is 1. The van der Waals surface area contributed by atoms with Crippen LogP contribution in [-0.2, 0) is 6.42 Å². The Morgan fingerprint density at radius 2 is 1.88 bits per heavy atom. The van der Waals surface area contributed by atoms with Crippen molar-refractivity contribution in [2.24, 2.45) is 5.73 Å². The number of carbonyl (C=O) groups is 1. The monoisotopic (exact) mass is 252 g/mol. The van der Waals surface area contributed by atoms with E-state index < -0.39 is 0 Å². The minimum atomic E-state index is 0.0564. The van der Waals surface area contributed by atoms with Gasteiger partial charge in [-0.25, -0.2) is 0 Å². The lowest BCUT2D eigenvalue weighted by atomic mass is 10.1. The summed E-state index contributed by atoms with van der Waals surface area (Å²) in [7, 11) is 3.52. The molecular formula is C13H20N2OS. The minimum Gasteiger partial charge on any atom is -0.339 e. The summed E-state index contributed by atoms with van der Waals surface area (Å²) in [4.78, 5) is 14.1. The molecule has 4 heteroatoms. The number of aryl methyl sites for hydroxylation is 1. The second kappa shape index (κ2) is 7.35. The summed E-state index contributed by atoms with van der Waals surface area (Å²) in [6.07, 6.45) is 3.25. The van der Waals surface area contributed by atoms with Crippen molar-refractivity contribution in [3.63, 3.8) is 0 Å². The maximum Gasteiger partial charge on any atom is 0.285 e. The largest absolute Gasteiger partial charge is 0.339 e. The third-order valence-corrected chi connectivity index (χ3v) is 3.46. The molecule has 1 aromatic rings. The molecule has 0 atom stereocenters. The average molecular weight is 252 g/mol. The number of benzene rings is 1. The zero-order valence-electron chi connectivity index (χ0n) is 10.5. The summed E-state index contributed by atoms with van der Waals surface area (Å²) in [5, 5.41) is 0.0564. The van der Waals surface area contributed by atoms with Gasteiger partial charge in [0.15, 0.2) is 0 Å². The van der Waals surface area contributed by atoms with Crippen LogP contribution in [0.3, 0.4) is 0 Å². The molecule has 0 saturated heterocycles. The van der Waals surface area contributed by atoms with Crippen molar-refractivity contribution in [3.8, 4) is 0 Å². The Kier molecular flexibility index (Phi) is 6.08. The molecule has 0 spiro atoms. The number of carbonyl (C=O) groups excluding carboxylic acids is 1. The Morgan fingerprint density at radius 1 is 1.24 bits per heavy atom. The molecule has 0 aromatic heterocycles. The van der Waals surface area contributed by atoms with E-state index in [0.29, 0.717) is 0 Å². The summed E-state index contributed by atoms with van der Waals surface area (Å²) >= 11 is 1.26. The number of hydrogen-bond acceptors (Lipinski definition) is 3. The van der Waals surface area contributed by atoms with Crippen LogP contribution in [0.2, 0.25) is 0 Å². The number of amides is 1. The smallest absolute Gasteiger partial charge is 0.285 e. The van der Waals surface area contributed by atoms with E-state index in [1.165, 1.54) is 17.3 Å². The van der Waals surface area contributed by atoms with Crippen molar-refractivity contribution in [1.29, 1.82) is 0 Å². The zero-order chi connectivity index (χ0) is 12.7. The summed E-state index contributed by atoms with van der Waals surface area (Å²) in [5.74, 6) is 0. The van der Waals surface area contributed by atoms with Crippen LogP contribution in [0.15, 0.2) is 29.2 Å². The summed E-state index contributed by atoms with van der Waals surface area (Å²) < 4.78 is 0. The number of nitrogens with two attached hydrogens (primary N) is 1. The molecule has 0 saturated carbocycles. The highest BCUT2D eigenvalue weighted by atomic mass is 32.2. The van der Waals surface area contributed by atoms with Gasteiger partial charge in [-0.2, -0.15) is 0 Å². The zero-order valence-corrected chi connectivity index (χ0v) is 11.3. The first-order chi connectivity index (χ1) is 8.13. The predicted molar refractivity (Wildman–Crippen MR) is 73.4 cm³/mol. The SMILES string of the molecule is CN(C)C(=O)Sc1ccc(CCCCN)cc1. The van der Waals surface area contributed by atoms with E-state index >= 15 is 0 Å². The lowest BCUT2D eigenvalue weighted by Gasteiger charge is -2.09. The first-order valence-electron chi connectivity index (χ1n) is 5.81. The van der Waals surface area contributed by atoms with Crippen LogP contribution < -0.4 is 5.73 Å². The highest BCUT2D eigenvalue weighted by Gasteiger charge is 2.06. The fraction of sp³-hybridized carbons (Fsp3) is 0.462. The summed E-state index contributed by atoms with van der Waals surface area (Å²) in [6, 6.07) is 8.18. The molecule has 0 radical (unpaired) electrons. The third-order valence-electron chi connectivity index (χ3n) is 2.41. The number of nitrogens with zero attached hydrogens (tertiary/aromatic N) is 1. The van der Waals surface area contributed by atoms with Gasteiger partial charge in [-0.05, 0) is 55.3 Å². The molecular weight excluding hydrogens is 232 g/mol. The van der Waals surface area contributed by atoms with Crippen molar-refractivity contribution in [2.45, 2.75) is 24.2 Å². The first kappa shape index (κ1) is 14.1. The quantitative estimate of drug-likeness (QED) is 0.647. The molecule has 2 N–H and O–H groups in total. The molecule has 17 heavy (non-hydrogen) atoms. The van der Waals surface area contributed by atoms with Gasteiger partial charge in [-0.15, -0.1) is 0 Å². The van der Waals surface area contributed by atoms with Crippen LogP contribution in [0.1, 0.15) is 18.4 Å². The van der Waals surface area contributed by atoms with Gasteiger partial charge in [0.25, 0.3) is 5.24 Å². The van der Waals surface area contributed by atoms with Crippen molar-refractivity contribution in [2.75, 3.05) is 20.6 Å². The molecule has 0 aliphatic rings. The van der Waals surface area contributed by atoms with Gasteiger partial charge in [0.05, 0.1) is 0 Å². The van der Waals surface area contributed by atoms with Crippen molar-refractivity contribution in [1.82, 2.24) is 4.90 Å². The van der Waals surface area contributed by atoms with Crippen LogP contribution >= 0.6 is 11.8 Å². The van der Waals surface area contributed by atoms with E-state index in [9.17, 15) is 4.79 Å². The molecule has 1 amide bonds. The highest BCUT2D eigenvalue weighted by Crippen LogP contribution is 2.21. The lowest BCUT2D eigenvalue weighted by Crippen LogP contribution is -2.15. The number of hydrogen-bond donors (Lipinski definition) is 1. The Morgan fingerprint density at radius 3 is 2.41 bits per heavy atom. The van der Waals surface area contributed by atoms with Crippen LogP contribution in [0.5, 0.6) is 0 Å². The van der Waals surface area contributed by atoms with Gasteiger partial charge in [0.1, 0.15) is 0 Å². The standard InChI is InChI=1S/C13H20N2OS/c1-15(2)13(16)17-12-8-6-11(7-9-12)5-3-4-10-14/h6-9H,3-5,10,14H2,1-2H3. The fourth-order valence-electron chi connectivity index (χ4n) is 1.39. The summed E-state index contributed by atoms with van der Waals surface area (Å²) in [6.45, 7) is 0.755. The third kappa shape index (κ3) is 5.24. The highest BCUT2D eigenvalue weighted by molar-refractivity contribution is 8.13. The van der Waals surface area contributed by atoms with E-state index in [4.69, 9.17) is 5.73 Å². The normalized spacial score (nSPS) is 10.3. The van der Waals surface area contributed by atoms with E-state index in [-0.39, 0.29) is 5.24 Å². The van der Waals surface area contributed by atoms with E-state index in [1.54, 1.807) is 19.0 Å². The van der Waals surface area contributed by atoms with E-state index in [2.05, 4.69) is 12.1 Å². The lowest BCUT2D eigenvalue weighted by molar-refractivity contribution is 0.241. The van der Waals surface area contributed by atoms with E-state index in [1.807, 2.05) is 12.1 Å². The van der Waals surface area contributed by atoms with Crippen LogP contribution in [0, 0.1) is 0 Å². The van der Waals surface area contributed by atoms with Crippen molar-refractivity contribution >= 4 is 17.0 Å². The topological polar surface area (TPSA) is 46.3 Å². The molecule has 1 aromatic carbocycles. The van der Waals surface area contributed by atoms with Gasteiger partial charge in [-0.1, -0.05) is 12.1 Å². The molecule has 0 bridgehead atoms.